The molecule has 0 saturated carbocycles. The molecular weight excluding hydrogens is 262 g/mol. The molecule has 104 valence electrons. The van der Waals surface area contributed by atoms with Crippen LogP contribution in [0.4, 0.5) is 0 Å². The fourth-order valence-electron chi connectivity index (χ4n) is 1.41. The second kappa shape index (κ2) is 6.07. The Morgan fingerprint density at radius 3 is 2.68 bits per heavy atom. The molecule has 0 bridgehead atoms. The number of nitrogens with zero attached hydrogens (tertiary/aromatic N) is 1. The van der Waals surface area contributed by atoms with Crippen molar-refractivity contribution in [3.63, 3.8) is 0 Å². The Morgan fingerprint density at radius 1 is 1.58 bits per heavy atom. The Hall–Kier alpha value is -1.54. The molecule has 0 aliphatic carbocycles. The fraction of sp³-hybridized carbons (Fsp3) is 0.571. The summed E-state index contributed by atoms with van der Waals surface area (Å²) in [4.78, 5) is 12.4. The second-order valence-corrected chi connectivity index (χ2v) is 6.48. The lowest BCUT2D eigenvalue weighted by atomic mass is 9.92. The SMILES string of the molecule is CC(C)c1cc(OCCC(C)(C)C#N)c(C(=O)O)s1. The van der Waals surface area contributed by atoms with Crippen molar-refractivity contribution in [2.75, 3.05) is 6.61 Å². The molecule has 0 saturated heterocycles. The molecule has 0 aliphatic heterocycles. The lowest BCUT2D eigenvalue weighted by Gasteiger charge is -2.14. The molecule has 0 aliphatic rings. The van der Waals surface area contributed by atoms with Crippen molar-refractivity contribution in [1.29, 1.82) is 5.26 Å². The number of thiophene rings is 1. The number of aromatic carboxylic acids is 1. The van der Waals surface area contributed by atoms with Gasteiger partial charge in [0.1, 0.15) is 5.75 Å². The molecule has 19 heavy (non-hydrogen) atoms. The monoisotopic (exact) mass is 281 g/mol. The van der Waals surface area contributed by atoms with Gasteiger partial charge in [-0.15, -0.1) is 11.3 Å². The number of nitriles is 1. The molecule has 0 atom stereocenters. The van der Waals surface area contributed by atoms with E-state index in [1.807, 2.05) is 27.7 Å². The fourth-order valence-corrected chi connectivity index (χ4v) is 2.35. The summed E-state index contributed by atoms with van der Waals surface area (Å²) in [5, 5.41) is 18.1. The first-order valence-electron chi connectivity index (χ1n) is 6.18. The van der Waals surface area contributed by atoms with Crippen molar-refractivity contribution >= 4 is 17.3 Å². The van der Waals surface area contributed by atoms with Gasteiger partial charge in [0.25, 0.3) is 0 Å². The van der Waals surface area contributed by atoms with E-state index in [0.717, 1.165) is 4.88 Å². The molecule has 0 spiro atoms. The Bertz CT molecular complexity index is 497. The Labute approximate surface area is 117 Å². The molecule has 4 nitrogen and oxygen atoms in total. The summed E-state index contributed by atoms with van der Waals surface area (Å²) in [6, 6.07) is 3.98. The molecular formula is C14H19NO3S. The van der Waals surface area contributed by atoms with E-state index in [-0.39, 0.29) is 10.8 Å². The molecule has 0 aromatic carbocycles. The number of carboxylic acid groups (broad SMARTS) is 1. The molecule has 0 fully saturated rings. The van der Waals surface area contributed by atoms with Gasteiger partial charge in [-0.05, 0) is 32.3 Å². The smallest absolute Gasteiger partial charge is 0.349 e. The highest BCUT2D eigenvalue weighted by atomic mass is 32.1. The highest BCUT2D eigenvalue weighted by Crippen LogP contribution is 2.34. The Balaban J connectivity index is 2.78. The van der Waals surface area contributed by atoms with Crippen molar-refractivity contribution in [3.05, 3.63) is 15.8 Å². The topological polar surface area (TPSA) is 70.3 Å². The first-order chi connectivity index (χ1) is 8.76. The predicted molar refractivity (Wildman–Crippen MR) is 74.9 cm³/mol. The van der Waals surface area contributed by atoms with Crippen LogP contribution in [0.5, 0.6) is 5.75 Å². The van der Waals surface area contributed by atoms with Crippen molar-refractivity contribution in [1.82, 2.24) is 0 Å². The highest BCUT2D eigenvalue weighted by molar-refractivity contribution is 7.14. The summed E-state index contributed by atoms with van der Waals surface area (Å²) < 4.78 is 5.55. The minimum Gasteiger partial charge on any atom is -0.492 e. The van der Waals surface area contributed by atoms with Crippen LogP contribution in [0.2, 0.25) is 0 Å². The average Bonchev–Trinajstić information content (AvgIpc) is 2.73. The van der Waals surface area contributed by atoms with Crippen LogP contribution >= 0.6 is 11.3 Å². The molecule has 5 heteroatoms. The van der Waals surface area contributed by atoms with E-state index < -0.39 is 11.4 Å². The van der Waals surface area contributed by atoms with E-state index in [2.05, 4.69) is 6.07 Å². The number of carbonyl (C=O) groups is 1. The molecule has 0 amide bonds. The Morgan fingerprint density at radius 2 is 2.21 bits per heavy atom. The van der Waals surface area contributed by atoms with Crippen LogP contribution in [0.3, 0.4) is 0 Å². The molecule has 1 aromatic rings. The molecule has 1 heterocycles. The summed E-state index contributed by atoms with van der Waals surface area (Å²) in [6.07, 6.45) is 0.565. The van der Waals surface area contributed by atoms with Gasteiger partial charge in [0.2, 0.25) is 0 Å². The summed E-state index contributed by atoms with van der Waals surface area (Å²) in [6.45, 7) is 8.04. The lowest BCUT2D eigenvalue weighted by Crippen LogP contribution is -2.13. The summed E-state index contributed by atoms with van der Waals surface area (Å²) >= 11 is 1.25. The van der Waals surface area contributed by atoms with E-state index in [1.165, 1.54) is 11.3 Å². The van der Waals surface area contributed by atoms with Crippen molar-refractivity contribution in [2.24, 2.45) is 5.41 Å². The molecule has 1 aromatic heterocycles. The summed E-state index contributed by atoms with van der Waals surface area (Å²) in [5.41, 5.74) is -0.458. The maximum Gasteiger partial charge on any atom is 0.349 e. The first-order valence-corrected chi connectivity index (χ1v) is 6.99. The van der Waals surface area contributed by atoms with Crippen LogP contribution in [0.1, 0.15) is 54.6 Å². The van der Waals surface area contributed by atoms with Gasteiger partial charge in [-0.3, -0.25) is 0 Å². The van der Waals surface area contributed by atoms with E-state index in [1.54, 1.807) is 6.07 Å². The van der Waals surface area contributed by atoms with Crippen LogP contribution in [-0.2, 0) is 0 Å². The number of hydrogen-bond acceptors (Lipinski definition) is 4. The maximum absolute atomic E-state index is 11.2. The van der Waals surface area contributed by atoms with E-state index in [9.17, 15) is 4.79 Å². The van der Waals surface area contributed by atoms with Crippen molar-refractivity contribution in [2.45, 2.75) is 40.0 Å². The van der Waals surface area contributed by atoms with Crippen LogP contribution in [0, 0.1) is 16.7 Å². The van der Waals surface area contributed by atoms with Crippen molar-refractivity contribution < 1.29 is 14.6 Å². The number of rotatable bonds is 6. The highest BCUT2D eigenvalue weighted by Gasteiger charge is 2.20. The summed E-state index contributed by atoms with van der Waals surface area (Å²) in [7, 11) is 0. The zero-order chi connectivity index (χ0) is 14.6. The Kier molecular flexibility index (Phi) is 4.96. The number of carboxylic acids is 1. The van der Waals surface area contributed by atoms with Gasteiger partial charge in [-0.1, -0.05) is 13.8 Å². The minimum absolute atomic E-state index is 0.235. The standard InChI is InChI=1S/C14H19NO3S/c1-9(2)11-7-10(12(19-11)13(16)17)18-6-5-14(3,4)8-15/h7,9H,5-6H2,1-4H3,(H,16,17). The van der Waals surface area contributed by atoms with Crippen LogP contribution in [0.15, 0.2) is 6.07 Å². The van der Waals surface area contributed by atoms with E-state index in [4.69, 9.17) is 15.1 Å². The predicted octanol–water partition coefficient (Wildman–Crippen LogP) is 3.89. The lowest BCUT2D eigenvalue weighted by molar-refractivity contribution is 0.0697. The van der Waals surface area contributed by atoms with Gasteiger partial charge in [-0.25, -0.2) is 4.79 Å². The molecule has 1 rings (SSSR count). The van der Waals surface area contributed by atoms with Gasteiger partial charge >= 0.3 is 5.97 Å². The van der Waals surface area contributed by atoms with Crippen LogP contribution in [0.25, 0.3) is 0 Å². The third-order valence-electron chi connectivity index (χ3n) is 2.77. The normalized spacial score (nSPS) is 11.4. The second-order valence-electron chi connectivity index (χ2n) is 5.40. The third-order valence-corrected chi connectivity index (χ3v) is 4.17. The van der Waals surface area contributed by atoms with Gasteiger partial charge in [0.05, 0.1) is 18.1 Å². The zero-order valence-electron chi connectivity index (χ0n) is 11.7. The maximum atomic E-state index is 11.2. The van der Waals surface area contributed by atoms with Crippen LogP contribution in [-0.4, -0.2) is 17.7 Å². The van der Waals surface area contributed by atoms with Gasteiger partial charge in [0.15, 0.2) is 4.88 Å². The quantitative estimate of drug-likeness (QED) is 0.858. The minimum atomic E-state index is -0.966. The third kappa shape index (κ3) is 4.25. The van der Waals surface area contributed by atoms with E-state index >= 15 is 0 Å². The number of ether oxygens (including phenoxy) is 1. The summed E-state index contributed by atoms with van der Waals surface area (Å²) in [5.74, 6) is -0.280. The first kappa shape index (κ1) is 15.5. The average molecular weight is 281 g/mol. The van der Waals surface area contributed by atoms with Gasteiger partial charge in [-0.2, -0.15) is 5.26 Å². The largest absolute Gasteiger partial charge is 0.492 e. The van der Waals surface area contributed by atoms with E-state index in [0.29, 0.717) is 18.8 Å². The van der Waals surface area contributed by atoms with Gasteiger partial charge < -0.3 is 9.84 Å². The zero-order valence-corrected chi connectivity index (χ0v) is 12.5. The molecule has 0 radical (unpaired) electrons. The van der Waals surface area contributed by atoms with Crippen molar-refractivity contribution in [3.8, 4) is 11.8 Å². The molecule has 1 N–H and O–H groups in total. The van der Waals surface area contributed by atoms with Crippen LogP contribution < -0.4 is 4.74 Å². The number of hydrogen-bond donors (Lipinski definition) is 1. The van der Waals surface area contributed by atoms with Gasteiger partial charge in [0, 0.05) is 4.88 Å². The molecule has 0 unspecified atom stereocenters.